The Morgan fingerprint density at radius 1 is 0.914 bits per heavy atom. The van der Waals surface area contributed by atoms with Crippen LogP contribution in [-0.2, 0) is 16.0 Å². The number of aliphatic hydroxyl groups excluding tert-OH is 1. The molecule has 1 aliphatic carbocycles. The standard InChI is InChI=1S/C49H60N4O4.Mg/c1-11-34-30(7)38-25-43-46(33(10)54)32(9)40(51-43)24-39-31(8)36(19-20-45(56)57-22-21-29(6)18-14-17-28(5)16-13-15-27(3)4)48(52-39)37-23-44(55)47-35(12-2)42(53-49(37)47)26-41(34)50-38;/h15,17,21,23-26,31,33,36,54H,11-14,16,18-20,22H2,1-10H3,(H-2,50,51,52,53,55);/q-2;+2/p-1/b28-17+,29-21+;/t31-,33+,36-;/m0./s1. The molecule has 8 bridgehead atoms. The van der Waals surface area contributed by atoms with Gasteiger partial charge in [0, 0.05) is 24.0 Å². The van der Waals surface area contributed by atoms with Crippen LogP contribution in [0, 0.1) is 6.92 Å². The summed E-state index contributed by atoms with van der Waals surface area (Å²) in [6.45, 7) is 20.9. The Balaban J connectivity index is 0.00000641. The molecule has 3 aromatic heterocycles. The molecule has 0 radical (unpaired) electrons. The first kappa shape index (κ1) is 44.9. The van der Waals surface area contributed by atoms with Crippen molar-refractivity contribution in [3.8, 4) is 0 Å². The van der Waals surface area contributed by atoms with Crippen molar-refractivity contribution in [2.75, 3.05) is 6.61 Å². The van der Waals surface area contributed by atoms with Gasteiger partial charge in [-0.3, -0.25) is 9.78 Å². The molecule has 0 fully saturated rings. The minimum absolute atomic E-state index is 0. The monoisotopic (exact) mass is 791 g/mol. The molecule has 5 heterocycles. The summed E-state index contributed by atoms with van der Waals surface area (Å²) >= 11 is 0. The summed E-state index contributed by atoms with van der Waals surface area (Å²) in [4.78, 5) is 33.7. The van der Waals surface area contributed by atoms with E-state index >= 15 is 0 Å². The van der Waals surface area contributed by atoms with Gasteiger partial charge in [0.25, 0.3) is 0 Å². The molecule has 0 amide bonds. The number of hydrogen-bond donors (Lipinski definition) is 1. The Kier molecular flexibility index (Phi) is 14.9. The van der Waals surface area contributed by atoms with Crippen molar-refractivity contribution in [3.63, 3.8) is 0 Å². The van der Waals surface area contributed by atoms with Crippen molar-refractivity contribution in [2.45, 2.75) is 139 Å². The summed E-state index contributed by atoms with van der Waals surface area (Å²) in [7, 11) is 0. The number of carbonyl (C=O) groups is 1. The van der Waals surface area contributed by atoms with Crippen LogP contribution in [0.5, 0.6) is 0 Å². The average molecular weight is 792 g/mol. The summed E-state index contributed by atoms with van der Waals surface area (Å²) in [6, 6.07) is 5.99. The third-order valence-corrected chi connectivity index (χ3v) is 11.9. The third kappa shape index (κ3) is 9.48. The van der Waals surface area contributed by atoms with Gasteiger partial charge < -0.3 is 24.9 Å². The van der Waals surface area contributed by atoms with Crippen molar-refractivity contribution in [1.29, 1.82) is 0 Å². The zero-order valence-corrected chi connectivity index (χ0v) is 37.7. The predicted octanol–water partition coefficient (Wildman–Crippen LogP) is 10.3. The van der Waals surface area contributed by atoms with Gasteiger partial charge >= 0.3 is 29.0 Å². The summed E-state index contributed by atoms with van der Waals surface area (Å²) in [5.41, 5.74) is 16.1. The molecule has 0 spiro atoms. The number of esters is 1. The molecule has 1 N–H and O–H groups in total. The van der Waals surface area contributed by atoms with E-state index < -0.39 is 6.10 Å². The molecule has 9 heteroatoms. The van der Waals surface area contributed by atoms with E-state index in [-0.39, 0.29) is 59.6 Å². The van der Waals surface area contributed by atoms with Crippen LogP contribution in [0.3, 0.4) is 0 Å². The van der Waals surface area contributed by atoms with Gasteiger partial charge in [0.1, 0.15) is 6.61 Å². The number of rotatable bonds is 14. The van der Waals surface area contributed by atoms with Crippen LogP contribution in [0.2, 0.25) is 0 Å². The summed E-state index contributed by atoms with van der Waals surface area (Å²) in [5.74, 6) is -0.566. The first-order valence-corrected chi connectivity index (χ1v) is 20.8. The van der Waals surface area contributed by atoms with E-state index in [0.29, 0.717) is 29.4 Å². The van der Waals surface area contributed by atoms with Crippen LogP contribution in [0.25, 0.3) is 45.0 Å². The van der Waals surface area contributed by atoms with Crippen molar-refractivity contribution in [2.24, 2.45) is 0 Å². The fraction of sp³-hybridized carbons (Fsp3) is 0.449. The molecular weight excluding hydrogens is 733 g/mol. The number of nitrogens with zero attached hydrogens (tertiary/aromatic N) is 4. The van der Waals surface area contributed by atoms with Crippen molar-refractivity contribution >= 4 is 74.1 Å². The second-order valence-electron chi connectivity index (χ2n) is 16.3. The normalized spacial score (nSPS) is 17.0. The van der Waals surface area contributed by atoms with Crippen LogP contribution in [-0.4, -0.2) is 50.7 Å². The molecule has 3 atom stereocenters. The molecule has 0 unspecified atom stereocenters. The molecule has 8 nitrogen and oxygen atoms in total. The molecule has 58 heavy (non-hydrogen) atoms. The first-order chi connectivity index (χ1) is 27.2. The van der Waals surface area contributed by atoms with Crippen molar-refractivity contribution in [1.82, 2.24) is 19.9 Å². The molecule has 3 aliphatic rings. The van der Waals surface area contributed by atoms with Crippen LogP contribution in [0.4, 0.5) is 0 Å². The number of ether oxygens (including phenoxy) is 1. The smallest absolute Gasteiger partial charge is 0.872 e. The number of aromatic nitrogens is 4. The second kappa shape index (κ2) is 19.3. The Labute approximate surface area is 360 Å². The van der Waals surface area contributed by atoms with Gasteiger partial charge in [-0.15, -0.1) is 27.8 Å². The van der Waals surface area contributed by atoms with E-state index in [0.717, 1.165) is 99.3 Å². The topological polar surface area (TPSA) is 124 Å². The molecule has 6 rings (SSSR count). The maximum atomic E-state index is 13.8. The Hall–Kier alpha value is -4.18. The molecule has 302 valence electrons. The minimum atomic E-state index is -0.738. The van der Waals surface area contributed by atoms with Crippen LogP contribution in [0.1, 0.15) is 176 Å². The Bertz CT molecular complexity index is 2380. The fourth-order valence-corrected chi connectivity index (χ4v) is 8.57. The largest absolute Gasteiger partial charge is 2.00 e. The number of allylic oxidation sites excluding steroid dienone is 7. The first-order valence-electron chi connectivity index (χ1n) is 20.8. The van der Waals surface area contributed by atoms with Gasteiger partial charge in [0.05, 0.1) is 23.2 Å². The van der Waals surface area contributed by atoms with Crippen LogP contribution < -0.4 is 15.1 Å². The van der Waals surface area contributed by atoms with Crippen molar-refractivity contribution < 1.29 is 19.7 Å². The number of fused-ring (bicyclic) bond motifs is 8. The van der Waals surface area contributed by atoms with Gasteiger partial charge in [-0.05, 0) is 127 Å². The SMILES string of the molecule is CCC1=C(C)c2cc3[n-]c(cc4nc(c5c6[n-]c(cc1n2)c(CC)c6C([O-])=C5)[C@@H](CCC(=O)OC/C=C(\C)CC/C=C(\C)CCC=C(C)C)[C@@H]4C)c(C)c3[C@@H](C)O.[Mg+2]. The molecule has 3 aromatic rings. The van der Waals surface area contributed by atoms with Crippen LogP contribution in [0.15, 0.2) is 53.1 Å². The quantitative estimate of drug-likeness (QED) is 0.0972. The van der Waals surface area contributed by atoms with E-state index in [1.165, 1.54) is 16.7 Å². The molecule has 0 saturated carbocycles. The zero-order chi connectivity index (χ0) is 41.1. The summed E-state index contributed by atoms with van der Waals surface area (Å²) < 4.78 is 5.72. The predicted molar refractivity (Wildman–Crippen MR) is 237 cm³/mol. The van der Waals surface area contributed by atoms with Gasteiger partial charge in [-0.2, -0.15) is 0 Å². The van der Waals surface area contributed by atoms with Crippen LogP contribution >= 0.6 is 0 Å². The van der Waals surface area contributed by atoms with E-state index in [1.54, 1.807) is 13.0 Å². The fourth-order valence-electron chi connectivity index (χ4n) is 8.57. The van der Waals surface area contributed by atoms with E-state index in [9.17, 15) is 15.0 Å². The summed E-state index contributed by atoms with van der Waals surface area (Å²) in [5, 5.41) is 24.8. The van der Waals surface area contributed by atoms with E-state index in [4.69, 9.17) is 24.7 Å². The molecule has 0 aromatic carbocycles. The number of hydrogen-bond acceptors (Lipinski definition) is 6. The van der Waals surface area contributed by atoms with Gasteiger partial charge in [0.15, 0.2) is 0 Å². The van der Waals surface area contributed by atoms with Crippen molar-refractivity contribution in [3.05, 3.63) is 104 Å². The molecule has 0 saturated heterocycles. The number of carbonyl (C=O) groups excluding carboxylic acids is 1. The van der Waals surface area contributed by atoms with Gasteiger partial charge in [0.2, 0.25) is 0 Å². The third-order valence-electron chi connectivity index (χ3n) is 11.9. The Morgan fingerprint density at radius 2 is 1.60 bits per heavy atom. The Morgan fingerprint density at radius 3 is 2.28 bits per heavy atom. The minimum Gasteiger partial charge on any atom is -0.872 e. The number of aliphatic hydroxyl groups is 1. The summed E-state index contributed by atoms with van der Waals surface area (Å²) in [6.07, 6.45) is 13.7. The average Bonchev–Trinajstić information content (AvgIpc) is 3.92. The van der Waals surface area contributed by atoms with Gasteiger partial charge in [-0.1, -0.05) is 85.0 Å². The van der Waals surface area contributed by atoms with E-state index in [1.807, 2.05) is 31.2 Å². The maximum Gasteiger partial charge on any atom is 2.00 e. The molecule has 2 aliphatic heterocycles. The maximum absolute atomic E-state index is 13.8. The zero-order valence-electron chi connectivity index (χ0n) is 36.3. The second-order valence-corrected chi connectivity index (χ2v) is 16.3. The van der Waals surface area contributed by atoms with Gasteiger partial charge in [-0.25, -0.2) is 4.98 Å². The molecular formula is C49H59MgN4O4-. The van der Waals surface area contributed by atoms with E-state index in [2.05, 4.69) is 67.5 Å². The number of aryl methyl sites for hydroxylation is 2.